The molecule has 0 saturated heterocycles. The first kappa shape index (κ1) is 12.0. The summed E-state index contributed by atoms with van der Waals surface area (Å²) < 4.78 is 0. The molecule has 0 atom stereocenters. The summed E-state index contributed by atoms with van der Waals surface area (Å²) in [5, 5.41) is 0. The molecule has 82 valence electrons. The van der Waals surface area contributed by atoms with Crippen molar-refractivity contribution in [2.45, 2.75) is 47.0 Å². The van der Waals surface area contributed by atoms with Crippen LogP contribution in [0.4, 0.5) is 0 Å². The molecular formula is C14H20O. The number of hydrogen-bond acceptors (Lipinski definition) is 1. The average molecular weight is 204 g/mol. The molecule has 1 aromatic rings. The molecule has 0 aliphatic heterocycles. The molecular weight excluding hydrogens is 184 g/mol. The summed E-state index contributed by atoms with van der Waals surface area (Å²) in [5.74, 6) is 0.325. The van der Waals surface area contributed by atoms with Crippen LogP contribution >= 0.6 is 0 Å². The predicted octanol–water partition coefficient (Wildman–Crippen LogP) is 3.85. The molecule has 1 aliphatic rings. The van der Waals surface area contributed by atoms with Crippen molar-refractivity contribution in [1.82, 2.24) is 0 Å². The Labute approximate surface area is 92.5 Å². The molecule has 15 heavy (non-hydrogen) atoms. The zero-order valence-corrected chi connectivity index (χ0v) is 10.2. The molecule has 0 unspecified atom stereocenters. The van der Waals surface area contributed by atoms with E-state index in [1.54, 1.807) is 0 Å². The number of aryl methyl sites for hydroxylation is 2. The van der Waals surface area contributed by atoms with Crippen molar-refractivity contribution < 1.29 is 4.79 Å². The number of benzene rings is 1. The fourth-order valence-electron chi connectivity index (χ4n) is 1.94. The van der Waals surface area contributed by atoms with Crippen molar-refractivity contribution >= 4 is 5.78 Å². The molecule has 0 aromatic heterocycles. The van der Waals surface area contributed by atoms with Gasteiger partial charge in [0.25, 0.3) is 0 Å². The second kappa shape index (κ2) is 5.11. The van der Waals surface area contributed by atoms with Gasteiger partial charge in [0.1, 0.15) is 0 Å². The minimum absolute atomic E-state index is 0.325. The van der Waals surface area contributed by atoms with Gasteiger partial charge in [-0.25, -0.2) is 0 Å². The Kier molecular flexibility index (Phi) is 4.07. The highest BCUT2D eigenvalue weighted by molar-refractivity contribution is 6.02. The second-order valence-electron chi connectivity index (χ2n) is 4.18. The van der Waals surface area contributed by atoms with Gasteiger partial charge in [-0.05, 0) is 37.0 Å². The predicted molar refractivity (Wildman–Crippen MR) is 64.5 cm³/mol. The molecule has 0 saturated carbocycles. The Morgan fingerprint density at radius 2 is 1.60 bits per heavy atom. The van der Waals surface area contributed by atoms with Gasteiger partial charge in [-0.2, -0.15) is 0 Å². The third-order valence-corrected chi connectivity index (χ3v) is 2.64. The van der Waals surface area contributed by atoms with Gasteiger partial charge in [-0.15, -0.1) is 0 Å². The monoisotopic (exact) mass is 204 g/mol. The fourth-order valence-corrected chi connectivity index (χ4v) is 1.94. The van der Waals surface area contributed by atoms with Crippen molar-refractivity contribution in [1.29, 1.82) is 0 Å². The maximum atomic E-state index is 11.4. The first-order chi connectivity index (χ1) is 7.11. The Morgan fingerprint density at radius 3 is 2.13 bits per heavy atom. The van der Waals surface area contributed by atoms with E-state index in [0.29, 0.717) is 12.2 Å². The lowest BCUT2D eigenvalue weighted by molar-refractivity contribution is 0.0994. The van der Waals surface area contributed by atoms with E-state index in [2.05, 4.69) is 26.8 Å². The standard InChI is InChI=1S/C11H12O.C3H8/c1-7-3-4-8(2)11-9(7)5-6-10(11)12;1-3-2/h3-4H,5-6H2,1-2H3;3H2,1-2H3. The summed E-state index contributed by atoms with van der Waals surface area (Å²) in [4.78, 5) is 11.4. The van der Waals surface area contributed by atoms with Crippen molar-refractivity contribution in [3.05, 3.63) is 34.4 Å². The lowest BCUT2D eigenvalue weighted by atomic mass is 10.00. The number of ketones is 1. The molecule has 1 heteroatoms. The van der Waals surface area contributed by atoms with Gasteiger partial charge in [0, 0.05) is 12.0 Å². The minimum atomic E-state index is 0.325. The molecule has 0 amide bonds. The fraction of sp³-hybridized carbons (Fsp3) is 0.500. The molecule has 1 aromatic carbocycles. The van der Waals surface area contributed by atoms with Crippen LogP contribution in [0.5, 0.6) is 0 Å². The molecule has 0 spiro atoms. The second-order valence-corrected chi connectivity index (χ2v) is 4.18. The SMILES string of the molecule is CCC.Cc1ccc(C)c2c1CCC2=O. The number of hydrogen-bond donors (Lipinski definition) is 0. The zero-order valence-electron chi connectivity index (χ0n) is 10.2. The molecule has 0 radical (unpaired) electrons. The first-order valence-electron chi connectivity index (χ1n) is 5.74. The molecule has 1 aliphatic carbocycles. The van der Waals surface area contributed by atoms with Crippen molar-refractivity contribution in [3.63, 3.8) is 0 Å². The number of fused-ring (bicyclic) bond motifs is 1. The van der Waals surface area contributed by atoms with E-state index in [-0.39, 0.29) is 0 Å². The van der Waals surface area contributed by atoms with Gasteiger partial charge in [0.2, 0.25) is 0 Å². The zero-order chi connectivity index (χ0) is 11.4. The maximum absolute atomic E-state index is 11.4. The van der Waals surface area contributed by atoms with Crippen LogP contribution in [0.2, 0.25) is 0 Å². The molecule has 0 bridgehead atoms. The van der Waals surface area contributed by atoms with E-state index >= 15 is 0 Å². The lowest BCUT2D eigenvalue weighted by Crippen LogP contribution is -1.96. The number of Topliss-reactive ketones (excluding diaryl/α,β-unsaturated/α-hetero) is 1. The van der Waals surface area contributed by atoms with E-state index in [4.69, 9.17) is 0 Å². The number of carbonyl (C=O) groups is 1. The normalized spacial score (nSPS) is 13.2. The van der Waals surface area contributed by atoms with E-state index in [1.807, 2.05) is 13.0 Å². The van der Waals surface area contributed by atoms with Crippen LogP contribution in [0, 0.1) is 13.8 Å². The quantitative estimate of drug-likeness (QED) is 0.627. The smallest absolute Gasteiger partial charge is 0.163 e. The number of rotatable bonds is 0. The summed E-state index contributed by atoms with van der Waals surface area (Å²) in [6.45, 7) is 8.35. The van der Waals surface area contributed by atoms with Crippen molar-refractivity contribution in [2.75, 3.05) is 0 Å². The molecule has 0 N–H and O–H groups in total. The summed E-state index contributed by atoms with van der Waals surface area (Å²) >= 11 is 0. The van der Waals surface area contributed by atoms with Gasteiger partial charge in [-0.1, -0.05) is 32.4 Å². The Hall–Kier alpha value is -1.11. The van der Waals surface area contributed by atoms with Gasteiger partial charge in [-0.3, -0.25) is 4.79 Å². The van der Waals surface area contributed by atoms with Crippen molar-refractivity contribution in [3.8, 4) is 0 Å². The third kappa shape index (κ3) is 2.47. The average Bonchev–Trinajstić information content (AvgIpc) is 2.57. The van der Waals surface area contributed by atoms with E-state index in [9.17, 15) is 4.79 Å². The molecule has 1 nitrogen and oxygen atoms in total. The van der Waals surface area contributed by atoms with E-state index in [1.165, 1.54) is 17.5 Å². The van der Waals surface area contributed by atoms with E-state index in [0.717, 1.165) is 17.5 Å². The van der Waals surface area contributed by atoms with Gasteiger partial charge >= 0.3 is 0 Å². The molecule has 0 fully saturated rings. The van der Waals surface area contributed by atoms with Crippen molar-refractivity contribution in [2.24, 2.45) is 0 Å². The van der Waals surface area contributed by atoms with E-state index < -0.39 is 0 Å². The first-order valence-corrected chi connectivity index (χ1v) is 5.74. The van der Waals surface area contributed by atoms with Crippen LogP contribution in [0.15, 0.2) is 12.1 Å². The van der Waals surface area contributed by atoms with Gasteiger partial charge in [0.05, 0.1) is 0 Å². The van der Waals surface area contributed by atoms with Crippen LogP contribution in [-0.4, -0.2) is 5.78 Å². The van der Waals surface area contributed by atoms with Crippen LogP contribution in [0.3, 0.4) is 0 Å². The summed E-state index contributed by atoms with van der Waals surface area (Å²) in [7, 11) is 0. The Morgan fingerprint density at radius 1 is 1.07 bits per heavy atom. The third-order valence-electron chi connectivity index (χ3n) is 2.64. The van der Waals surface area contributed by atoms with Crippen LogP contribution in [0.1, 0.15) is 53.7 Å². The minimum Gasteiger partial charge on any atom is -0.294 e. The van der Waals surface area contributed by atoms with Crippen LogP contribution in [-0.2, 0) is 6.42 Å². The van der Waals surface area contributed by atoms with Crippen LogP contribution < -0.4 is 0 Å². The highest BCUT2D eigenvalue weighted by Gasteiger charge is 2.22. The summed E-state index contributed by atoms with van der Waals surface area (Å²) in [6, 6.07) is 4.14. The number of carbonyl (C=O) groups excluding carboxylic acids is 1. The van der Waals surface area contributed by atoms with Gasteiger partial charge < -0.3 is 0 Å². The largest absolute Gasteiger partial charge is 0.294 e. The highest BCUT2D eigenvalue weighted by atomic mass is 16.1. The molecule has 2 rings (SSSR count). The summed E-state index contributed by atoms with van der Waals surface area (Å²) in [5.41, 5.74) is 4.68. The van der Waals surface area contributed by atoms with Crippen LogP contribution in [0.25, 0.3) is 0 Å². The highest BCUT2D eigenvalue weighted by Crippen LogP contribution is 2.27. The Bertz CT molecular complexity index is 364. The molecule has 0 heterocycles. The Balaban J connectivity index is 0.000000337. The van der Waals surface area contributed by atoms with Gasteiger partial charge in [0.15, 0.2) is 5.78 Å². The maximum Gasteiger partial charge on any atom is 0.163 e. The lowest BCUT2D eigenvalue weighted by Gasteiger charge is -2.04. The summed E-state index contributed by atoms with van der Waals surface area (Å²) in [6.07, 6.45) is 2.91. The topological polar surface area (TPSA) is 17.1 Å².